The van der Waals surface area contributed by atoms with Crippen LogP contribution in [0.5, 0.6) is 11.5 Å². The number of aromatic hydroxyl groups is 1. The summed E-state index contributed by atoms with van der Waals surface area (Å²) in [6.45, 7) is 8.18. The van der Waals surface area contributed by atoms with Crippen molar-refractivity contribution in [3.8, 4) is 33.8 Å². The van der Waals surface area contributed by atoms with E-state index in [-0.39, 0.29) is 5.75 Å². The summed E-state index contributed by atoms with van der Waals surface area (Å²) in [5, 5.41) is 12.3. The minimum absolute atomic E-state index is 0.220. The van der Waals surface area contributed by atoms with Crippen LogP contribution in [0.4, 0.5) is 10.6 Å². The van der Waals surface area contributed by atoms with Crippen molar-refractivity contribution in [3.63, 3.8) is 0 Å². The molecule has 0 aliphatic rings. The number of ether oxygens (including phenoxy) is 2. The first-order valence-corrected chi connectivity index (χ1v) is 10.9. The topological polar surface area (TPSA) is 107 Å². The molecule has 0 aliphatic heterocycles. The summed E-state index contributed by atoms with van der Waals surface area (Å²) in [7, 11) is 0. The van der Waals surface area contributed by atoms with Gasteiger partial charge in [-0.1, -0.05) is 31.2 Å². The van der Waals surface area contributed by atoms with E-state index in [1.807, 2.05) is 57.2 Å². The van der Waals surface area contributed by atoms with Gasteiger partial charge in [0.15, 0.2) is 0 Å². The molecule has 33 heavy (non-hydrogen) atoms. The van der Waals surface area contributed by atoms with Crippen LogP contribution in [-0.2, 0) is 11.2 Å². The molecule has 2 aromatic carbocycles. The SMILES string of the molecule is CCc1c(-c2ccc(O)cc2)cnc(N)c1-c1ccc(OCCNC(=O)OC(C)(C)C)cc1. The Hall–Kier alpha value is -3.74. The molecule has 4 N–H and O–H groups in total. The molecule has 174 valence electrons. The van der Waals surface area contributed by atoms with E-state index in [1.54, 1.807) is 18.3 Å². The van der Waals surface area contributed by atoms with Crippen LogP contribution < -0.4 is 15.8 Å². The van der Waals surface area contributed by atoms with Crippen LogP contribution >= 0.6 is 0 Å². The first kappa shape index (κ1) is 23.9. The molecule has 0 aliphatic carbocycles. The number of nitrogens with zero attached hydrogens (tertiary/aromatic N) is 1. The molecule has 0 saturated heterocycles. The zero-order chi connectivity index (χ0) is 24.0. The zero-order valence-electron chi connectivity index (χ0n) is 19.5. The highest BCUT2D eigenvalue weighted by atomic mass is 16.6. The third kappa shape index (κ3) is 6.38. The summed E-state index contributed by atoms with van der Waals surface area (Å²) in [5.41, 5.74) is 10.6. The van der Waals surface area contributed by atoms with Crippen LogP contribution in [0.3, 0.4) is 0 Å². The molecule has 0 unspecified atom stereocenters. The van der Waals surface area contributed by atoms with Gasteiger partial charge in [-0.25, -0.2) is 9.78 Å². The predicted octanol–water partition coefficient (Wildman–Crippen LogP) is 5.17. The summed E-state index contributed by atoms with van der Waals surface area (Å²) in [5.74, 6) is 1.37. The Morgan fingerprint density at radius 2 is 1.70 bits per heavy atom. The van der Waals surface area contributed by atoms with Crippen molar-refractivity contribution in [1.29, 1.82) is 0 Å². The number of nitrogens with one attached hydrogen (secondary N) is 1. The molecule has 0 radical (unpaired) electrons. The molecule has 7 heteroatoms. The van der Waals surface area contributed by atoms with Crippen LogP contribution in [0.2, 0.25) is 0 Å². The van der Waals surface area contributed by atoms with E-state index < -0.39 is 11.7 Å². The van der Waals surface area contributed by atoms with Gasteiger partial charge < -0.3 is 25.6 Å². The highest BCUT2D eigenvalue weighted by molar-refractivity contribution is 5.84. The molecule has 0 bridgehead atoms. The van der Waals surface area contributed by atoms with Gasteiger partial charge in [0, 0.05) is 17.3 Å². The molecule has 0 spiro atoms. The number of carbonyl (C=O) groups is 1. The number of phenols is 1. The molecule has 3 rings (SSSR count). The molecule has 1 aromatic heterocycles. The molecule has 1 amide bonds. The van der Waals surface area contributed by atoms with Crippen molar-refractivity contribution < 1.29 is 19.4 Å². The van der Waals surface area contributed by atoms with E-state index in [2.05, 4.69) is 17.2 Å². The summed E-state index contributed by atoms with van der Waals surface area (Å²) < 4.78 is 10.9. The minimum atomic E-state index is -0.533. The number of phenolic OH excluding ortho intramolecular Hbond substituents is 1. The van der Waals surface area contributed by atoms with Crippen LogP contribution in [-0.4, -0.2) is 34.9 Å². The Labute approximate surface area is 194 Å². The number of alkyl carbamates (subject to hydrolysis) is 1. The Balaban J connectivity index is 1.72. The number of nitrogens with two attached hydrogens (primary N) is 1. The second kappa shape index (κ2) is 10.3. The molecule has 3 aromatic rings. The summed E-state index contributed by atoms with van der Waals surface area (Å²) >= 11 is 0. The quantitative estimate of drug-likeness (QED) is 0.430. The van der Waals surface area contributed by atoms with E-state index in [9.17, 15) is 9.90 Å². The third-order valence-corrected chi connectivity index (χ3v) is 4.93. The predicted molar refractivity (Wildman–Crippen MR) is 130 cm³/mol. The monoisotopic (exact) mass is 449 g/mol. The maximum atomic E-state index is 11.7. The van der Waals surface area contributed by atoms with E-state index in [0.717, 1.165) is 34.2 Å². The van der Waals surface area contributed by atoms with Gasteiger partial charge in [0.2, 0.25) is 0 Å². The smallest absolute Gasteiger partial charge is 0.407 e. The Kier molecular flexibility index (Phi) is 7.43. The highest BCUT2D eigenvalue weighted by Gasteiger charge is 2.16. The van der Waals surface area contributed by atoms with E-state index >= 15 is 0 Å². The maximum Gasteiger partial charge on any atom is 0.407 e. The van der Waals surface area contributed by atoms with Crippen molar-refractivity contribution in [2.75, 3.05) is 18.9 Å². The van der Waals surface area contributed by atoms with Gasteiger partial charge in [0.1, 0.15) is 29.5 Å². The van der Waals surface area contributed by atoms with Crippen molar-refractivity contribution >= 4 is 11.9 Å². The largest absolute Gasteiger partial charge is 0.508 e. The second-order valence-corrected chi connectivity index (χ2v) is 8.61. The fourth-order valence-electron chi connectivity index (χ4n) is 3.50. The lowest BCUT2D eigenvalue weighted by Gasteiger charge is -2.19. The van der Waals surface area contributed by atoms with Gasteiger partial charge in [0.25, 0.3) is 0 Å². The number of amides is 1. The first-order chi connectivity index (χ1) is 15.7. The van der Waals surface area contributed by atoms with Crippen molar-refractivity contribution in [2.45, 2.75) is 39.7 Å². The second-order valence-electron chi connectivity index (χ2n) is 8.61. The lowest BCUT2D eigenvalue weighted by Crippen LogP contribution is -2.34. The van der Waals surface area contributed by atoms with Crippen molar-refractivity contribution in [3.05, 3.63) is 60.3 Å². The van der Waals surface area contributed by atoms with Crippen LogP contribution in [0.1, 0.15) is 33.3 Å². The average Bonchev–Trinajstić information content (AvgIpc) is 2.76. The normalized spacial score (nSPS) is 11.2. The number of pyridine rings is 1. The highest BCUT2D eigenvalue weighted by Crippen LogP contribution is 2.36. The van der Waals surface area contributed by atoms with Crippen LogP contribution in [0, 0.1) is 0 Å². The number of nitrogen functional groups attached to an aromatic ring is 1. The minimum Gasteiger partial charge on any atom is -0.508 e. The van der Waals surface area contributed by atoms with Gasteiger partial charge >= 0.3 is 6.09 Å². The van der Waals surface area contributed by atoms with Gasteiger partial charge in [-0.2, -0.15) is 0 Å². The number of hydrogen-bond donors (Lipinski definition) is 3. The van der Waals surface area contributed by atoms with Crippen LogP contribution in [0.25, 0.3) is 22.3 Å². The van der Waals surface area contributed by atoms with Gasteiger partial charge in [0.05, 0.1) is 6.54 Å². The maximum absolute atomic E-state index is 11.7. The summed E-state index contributed by atoms with van der Waals surface area (Å²) in [6.07, 6.45) is 2.08. The number of carbonyl (C=O) groups excluding carboxylic acids is 1. The van der Waals surface area contributed by atoms with Gasteiger partial charge in [-0.15, -0.1) is 0 Å². The Morgan fingerprint density at radius 3 is 2.30 bits per heavy atom. The van der Waals surface area contributed by atoms with E-state index in [0.29, 0.717) is 24.7 Å². The van der Waals surface area contributed by atoms with Crippen molar-refractivity contribution in [1.82, 2.24) is 10.3 Å². The zero-order valence-corrected chi connectivity index (χ0v) is 19.5. The number of aromatic nitrogens is 1. The Morgan fingerprint density at radius 1 is 1.06 bits per heavy atom. The lowest BCUT2D eigenvalue weighted by molar-refractivity contribution is 0.0520. The Bertz CT molecular complexity index is 1090. The van der Waals surface area contributed by atoms with E-state index in [4.69, 9.17) is 15.2 Å². The standard InChI is InChI=1S/C26H31N3O4/c1-5-21-22(17-6-10-19(30)11-7-17)16-29-24(27)23(21)18-8-12-20(13-9-18)32-15-14-28-25(31)33-26(2,3)4/h6-13,16,30H,5,14-15H2,1-4H3,(H2,27,29)(H,28,31). The molecule has 0 fully saturated rings. The van der Waals surface area contributed by atoms with Gasteiger partial charge in [-0.3, -0.25) is 0 Å². The lowest BCUT2D eigenvalue weighted by atomic mass is 9.92. The molecular weight excluding hydrogens is 418 g/mol. The molecule has 0 saturated carbocycles. The number of anilines is 1. The fourth-order valence-corrected chi connectivity index (χ4v) is 3.50. The average molecular weight is 450 g/mol. The number of hydrogen-bond acceptors (Lipinski definition) is 6. The summed E-state index contributed by atoms with van der Waals surface area (Å²) in [6, 6.07) is 14.7. The fraction of sp³-hybridized carbons (Fsp3) is 0.308. The molecular formula is C26H31N3O4. The molecule has 7 nitrogen and oxygen atoms in total. The van der Waals surface area contributed by atoms with Gasteiger partial charge in [-0.05, 0) is 68.1 Å². The summed E-state index contributed by atoms with van der Waals surface area (Å²) in [4.78, 5) is 16.1. The van der Waals surface area contributed by atoms with Crippen LogP contribution in [0.15, 0.2) is 54.7 Å². The number of rotatable bonds is 7. The molecule has 0 atom stereocenters. The third-order valence-electron chi connectivity index (χ3n) is 4.93. The van der Waals surface area contributed by atoms with Crippen molar-refractivity contribution in [2.24, 2.45) is 0 Å². The molecule has 1 heterocycles. The number of benzene rings is 2. The first-order valence-electron chi connectivity index (χ1n) is 10.9. The van der Waals surface area contributed by atoms with E-state index in [1.165, 1.54) is 0 Å².